The predicted octanol–water partition coefficient (Wildman–Crippen LogP) is 5.11. The molecule has 2 amide bonds. The molecule has 0 spiro atoms. The zero-order valence-corrected chi connectivity index (χ0v) is 21.9. The number of benzene rings is 2. The van der Waals surface area contributed by atoms with Gasteiger partial charge >= 0.3 is 0 Å². The van der Waals surface area contributed by atoms with Crippen LogP contribution in [0.2, 0.25) is 0 Å². The van der Waals surface area contributed by atoms with Crippen molar-refractivity contribution in [2.24, 2.45) is 0 Å². The monoisotopic (exact) mass is 489 g/mol. The maximum absolute atomic E-state index is 13.6. The second-order valence-corrected chi connectivity index (χ2v) is 9.66. The summed E-state index contributed by atoms with van der Waals surface area (Å²) in [5.74, 6) is -0.383. The van der Waals surface area contributed by atoms with E-state index in [0.29, 0.717) is 17.0 Å². The number of methoxy groups -OCH3 is 1. The Morgan fingerprint density at radius 2 is 1.83 bits per heavy atom. The molecule has 0 aromatic heterocycles. The van der Waals surface area contributed by atoms with Gasteiger partial charge in [-0.15, -0.1) is 0 Å². The number of likely N-dealkylation sites (N-methyl/N-ethyl adjacent to an activating group) is 1. The number of para-hydroxylation sites is 1. The lowest BCUT2D eigenvalue weighted by molar-refractivity contribution is -0.122. The van der Waals surface area contributed by atoms with Gasteiger partial charge in [-0.1, -0.05) is 31.2 Å². The first-order valence-electron chi connectivity index (χ1n) is 11.8. The number of carbonyl (C=O) groups excluding carboxylic acids is 2. The van der Waals surface area contributed by atoms with E-state index in [2.05, 4.69) is 44.0 Å². The Morgan fingerprint density at radius 1 is 1.11 bits per heavy atom. The van der Waals surface area contributed by atoms with Crippen LogP contribution in [0.15, 0.2) is 48.0 Å². The number of nitrogens with zero attached hydrogens (tertiary/aromatic N) is 2. The van der Waals surface area contributed by atoms with Crippen LogP contribution >= 0.6 is 12.2 Å². The minimum absolute atomic E-state index is 0.00729. The summed E-state index contributed by atoms with van der Waals surface area (Å²) in [6.45, 7) is 11.4. The number of aryl methyl sites for hydroxylation is 1. The van der Waals surface area contributed by atoms with E-state index >= 15 is 0 Å². The molecule has 1 N–H and O–H groups in total. The third kappa shape index (κ3) is 4.25. The molecule has 0 radical (unpaired) electrons. The molecule has 182 valence electrons. The summed E-state index contributed by atoms with van der Waals surface area (Å²) in [5.41, 5.74) is 5.41. The van der Waals surface area contributed by atoms with Crippen LogP contribution < -0.4 is 19.9 Å². The Labute approximate surface area is 212 Å². The molecule has 0 bridgehead atoms. The molecule has 0 atom stereocenters. The van der Waals surface area contributed by atoms with Crippen LogP contribution in [0.25, 0.3) is 11.6 Å². The molecular weight excluding hydrogens is 458 g/mol. The van der Waals surface area contributed by atoms with Crippen LogP contribution in [0.5, 0.6) is 5.75 Å². The van der Waals surface area contributed by atoms with E-state index < -0.39 is 11.8 Å². The fraction of sp³-hybridized carbons (Fsp3) is 0.321. The number of nitrogens with one attached hydrogen (secondary N) is 1. The minimum Gasteiger partial charge on any atom is -0.496 e. The standard InChI is InChI=1S/C28H31N3O3S/c1-7-18-11-9-10-12-22(18)31-26(33)21(25(32)29-27(31)35)14-19-13-20-17(3)16-28(4,5)30(8-2)23(20)15-24(19)34-6/h9-16H,7-8H2,1-6H3,(H,29,32,35)/b21-14-. The van der Waals surface area contributed by atoms with Gasteiger partial charge in [0.1, 0.15) is 11.3 Å². The normalized spacial score (nSPS) is 18.4. The zero-order chi connectivity index (χ0) is 25.5. The summed E-state index contributed by atoms with van der Waals surface area (Å²) >= 11 is 5.39. The van der Waals surface area contributed by atoms with Crippen molar-refractivity contribution in [2.75, 3.05) is 23.5 Å². The Morgan fingerprint density at radius 3 is 2.49 bits per heavy atom. The average molecular weight is 490 g/mol. The topological polar surface area (TPSA) is 61.9 Å². The van der Waals surface area contributed by atoms with E-state index in [9.17, 15) is 9.59 Å². The number of hydrogen-bond donors (Lipinski definition) is 1. The first kappa shape index (κ1) is 24.7. The van der Waals surface area contributed by atoms with Gasteiger partial charge in [0.25, 0.3) is 11.8 Å². The van der Waals surface area contributed by atoms with E-state index in [0.717, 1.165) is 35.4 Å². The third-order valence-electron chi connectivity index (χ3n) is 6.66. The van der Waals surface area contributed by atoms with Crippen LogP contribution in [0.3, 0.4) is 0 Å². The van der Waals surface area contributed by atoms with E-state index in [1.165, 1.54) is 4.90 Å². The summed E-state index contributed by atoms with van der Waals surface area (Å²) in [7, 11) is 1.60. The molecule has 0 aliphatic carbocycles. The van der Waals surface area contributed by atoms with Gasteiger partial charge in [0.2, 0.25) is 0 Å². The number of ether oxygens (including phenoxy) is 1. The molecule has 1 saturated heterocycles. The highest BCUT2D eigenvalue weighted by Crippen LogP contribution is 2.42. The highest BCUT2D eigenvalue weighted by Gasteiger charge is 2.36. The number of carbonyl (C=O) groups is 2. The highest BCUT2D eigenvalue weighted by molar-refractivity contribution is 7.80. The number of fused-ring (bicyclic) bond motifs is 1. The quantitative estimate of drug-likeness (QED) is 0.359. The van der Waals surface area contributed by atoms with Gasteiger partial charge in [0.15, 0.2) is 5.11 Å². The molecule has 4 rings (SSSR count). The molecule has 35 heavy (non-hydrogen) atoms. The summed E-state index contributed by atoms with van der Waals surface area (Å²) < 4.78 is 5.72. The molecule has 7 heteroatoms. The van der Waals surface area contributed by atoms with Crippen LogP contribution in [-0.2, 0) is 16.0 Å². The van der Waals surface area contributed by atoms with Crippen LogP contribution in [0.4, 0.5) is 11.4 Å². The van der Waals surface area contributed by atoms with Crippen molar-refractivity contribution >= 4 is 52.2 Å². The lowest BCUT2D eigenvalue weighted by Gasteiger charge is -2.43. The largest absolute Gasteiger partial charge is 0.496 e. The fourth-order valence-corrected chi connectivity index (χ4v) is 5.32. The van der Waals surface area contributed by atoms with Crippen molar-refractivity contribution < 1.29 is 14.3 Å². The van der Waals surface area contributed by atoms with Gasteiger partial charge in [-0.05, 0) is 75.7 Å². The predicted molar refractivity (Wildman–Crippen MR) is 146 cm³/mol. The molecule has 2 heterocycles. The number of allylic oxidation sites excluding steroid dienone is 1. The number of amides is 2. The second kappa shape index (κ2) is 9.30. The molecule has 6 nitrogen and oxygen atoms in total. The van der Waals surface area contributed by atoms with Crippen LogP contribution in [-0.4, -0.2) is 36.1 Å². The smallest absolute Gasteiger partial charge is 0.270 e. The molecule has 2 aliphatic rings. The number of anilines is 2. The minimum atomic E-state index is -0.520. The van der Waals surface area contributed by atoms with Crippen LogP contribution in [0, 0.1) is 0 Å². The van der Waals surface area contributed by atoms with Gasteiger partial charge in [-0.25, -0.2) is 0 Å². The van der Waals surface area contributed by atoms with Crippen LogP contribution in [0.1, 0.15) is 51.3 Å². The van der Waals surface area contributed by atoms with Gasteiger partial charge < -0.3 is 9.64 Å². The molecular formula is C28H31N3O3S. The number of thiocarbonyl (C=S) groups is 1. The van der Waals surface area contributed by atoms with Gasteiger partial charge in [0.05, 0.1) is 18.3 Å². The van der Waals surface area contributed by atoms with Crippen molar-refractivity contribution in [1.82, 2.24) is 5.32 Å². The van der Waals surface area contributed by atoms with Crippen molar-refractivity contribution in [1.29, 1.82) is 0 Å². The van der Waals surface area contributed by atoms with Crippen molar-refractivity contribution in [3.63, 3.8) is 0 Å². The fourth-order valence-electron chi connectivity index (χ4n) is 5.05. The van der Waals surface area contributed by atoms with Crippen molar-refractivity contribution in [3.8, 4) is 5.75 Å². The van der Waals surface area contributed by atoms with E-state index in [1.54, 1.807) is 13.2 Å². The second-order valence-electron chi connectivity index (χ2n) is 9.28. The molecule has 1 fully saturated rings. The van der Waals surface area contributed by atoms with Crippen molar-refractivity contribution in [2.45, 2.75) is 46.6 Å². The van der Waals surface area contributed by atoms with E-state index in [-0.39, 0.29) is 16.2 Å². The van der Waals surface area contributed by atoms with Gasteiger partial charge in [0, 0.05) is 29.4 Å². The Hall–Kier alpha value is -3.45. The summed E-state index contributed by atoms with van der Waals surface area (Å²) in [5, 5.41) is 2.76. The number of hydrogen-bond acceptors (Lipinski definition) is 5. The SMILES string of the molecule is CCc1ccccc1N1C(=O)/C(=C\c2cc3c(cc2OC)N(CC)C(C)(C)C=C3C)C(=O)NC1=S. The summed E-state index contributed by atoms with van der Waals surface area (Å²) in [6.07, 6.45) is 4.57. The Bertz CT molecular complexity index is 1290. The molecule has 0 saturated carbocycles. The Balaban J connectivity index is 1.84. The van der Waals surface area contributed by atoms with E-state index in [1.807, 2.05) is 43.3 Å². The zero-order valence-electron chi connectivity index (χ0n) is 21.1. The maximum atomic E-state index is 13.6. The lowest BCUT2D eigenvalue weighted by atomic mass is 9.87. The molecule has 2 aromatic carbocycles. The summed E-state index contributed by atoms with van der Waals surface area (Å²) in [6, 6.07) is 11.5. The van der Waals surface area contributed by atoms with Gasteiger partial charge in [-0.2, -0.15) is 0 Å². The van der Waals surface area contributed by atoms with Crippen molar-refractivity contribution in [3.05, 3.63) is 64.7 Å². The van der Waals surface area contributed by atoms with Gasteiger partial charge in [-0.3, -0.25) is 19.8 Å². The molecule has 2 aromatic rings. The average Bonchev–Trinajstić information content (AvgIpc) is 2.81. The first-order valence-corrected chi connectivity index (χ1v) is 12.2. The molecule has 0 unspecified atom stereocenters. The van der Waals surface area contributed by atoms with E-state index in [4.69, 9.17) is 17.0 Å². The first-order chi connectivity index (χ1) is 16.6. The molecule has 2 aliphatic heterocycles. The third-order valence-corrected chi connectivity index (χ3v) is 6.94. The lowest BCUT2D eigenvalue weighted by Crippen LogP contribution is -2.54. The number of rotatable bonds is 5. The Kier molecular flexibility index (Phi) is 6.56. The maximum Gasteiger partial charge on any atom is 0.270 e. The summed E-state index contributed by atoms with van der Waals surface area (Å²) in [4.78, 5) is 30.2. The highest BCUT2D eigenvalue weighted by atomic mass is 32.1.